The normalized spacial score (nSPS) is 11.0. The van der Waals surface area contributed by atoms with Crippen molar-refractivity contribution in [3.63, 3.8) is 0 Å². The third-order valence-corrected chi connectivity index (χ3v) is 4.87. The van der Waals surface area contributed by atoms with E-state index in [4.69, 9.17) is 4.98 Å². The molecule has 0 bridgehead atoms. The molecule has 1 N–H and O–H groups in total. The number of fused-ring (bicyclic) bond motifs is 1. The maximum Gasteiger partial charge on any atom is 0.145 e. The molecule has 0 fully saturated rings. The Bertz CT molecular complexity index is 1240. The highest BCUT2D eigenvalue weighted by molar-refractivity contribution is 5.97. The van der Waals surface area contributed by atoms with E-state index in [0.29, 0.717) is 0 Å². The predicted molar refractivity (Wildman–Crippen MR) is 114 cm³/mol. The fraction of sp³-hybridized carbons (Fsp3) is 0. The van der Waals surface area contributed by atoms with Crippen LogP contribution in [0.4, 0.5) is 0 Å². The maximum atomic E-state index is 10.4. The number of hydrogen-bond donors (Lipinski definition) is 1. The number of rotatable bonds is 3. The van der Waals surface area contributed by atoms with Gasteiger partial charge in [-0.3, -0.25) is 4.57 Å². The van der Waals surface area contributed by atoms with Crippen LogP contribution >= 0.6 is 0 Å². The van der Waals surface area contributed by atoms with Crippen LogP contribution in [0.3, 0.4) is 0 Å². The van der Waals surface area contributed by atoms with Gasteiger partial charge >= 0.3 is 0 Å². The van der Waals surface area contributed by atoms with Crippen LogP contribution in [0.1, 0.15) is 0 Å². The number of phenols is 1. The zero-order valence-corrected chi connectivity index (χ0v) is 15.2. The molecule has 5 rings (SSSR count). The van der Waals surface area contributed by atoms with Gasteiger partial charge in [0.1, 0.15) is 11.6 Å². The van der Waals surface area contributed by atoms with Crippen LogP contribution in [0.25, 0.3) is 39.2 Å². The second-order valence-electron chi connectivity index (χ2n) is 6.70. The summed E-state index contributed by atoms with van der Waals surface area (Å²) >= 11 is 0. The van der Waals surface area contributed by atoms with Gasteiger partial charge in [-0.05, 0) is 23.8 Å². The van der Waals surface area contributed by atoms with Crippen molar-refractivity contribution in [3.05, 3.63) is 103 Å². The van der Waals surface area contributed by atoms with Gasteiger partial charge < -0.3 is 5.11 Å². The average Bonchev–Trinajstić information content (AvgIpc) is 3.14. The number of para-hydroxylation sites is 1. The monoisotopic (exact) mass is 362 g/mol. The predicted octanol–water partition coefficient (Wildman–Crippen LogP) is 6.07. The first-order valence-corrected chi connectivity index (χ1v) is 9.23. The first-order valence-electron chi connectivity index (χ1n) is 9.23. The molecule has 0 spiro atoms. The Balaban J connectivity index is 1.92. The summed E-state index contributed by atoms with van der Waals surface area (Å²) in [6, 6.07) is 34.0. The van der Waals surface area contributed by atoms with Gasteiger partial charge in [-0.1, -0.05) is 78.9 Å². The molecule has 1 aromatic heterocycles. The van der Waals surface area contributed by atoms with Gasteiger partial charge in [-0.25, -0.2) is 4.98 Å². The van der Waals surface area contributed by atoms with Crippen molar-refractivity contribution in [1.82, 2.24) is 9.55 Å². The molecule has 0 unspecified atom stereocenters. The molecule has 0 radical (unpaired) electrons. The van der Waals surface area contributed by atoms with Crippen molar-refractivity contribution in [1.29, 1.82) is 0 Å². The van der Waals surface area contributed by atoms with Crippen molar-refractivity contribution >= 4 is 11.0 Å². The number of aromatic nitrogens is 2. The zero-order valence-electron chi connectivity index (χ0n) is 15.2. The fourth-order valence-electron chi connectivity index (χ4n) is 3.64. The molecule has 0 atom stereocenters. The summed E-state index contributed by atoms with van der Waals surface area (Å²) in [6.45, 7) is 0. The highest BCUT2D eigenvalue weighted by Gasteiger charge is 2.19. The summed E-state index contributed by atoms with van der Waals surface area (Å²) in [5.74, 6) is 1.06. The molecule has 3 nitrogen and oxygen atoms in total. The van der Waals surface area contributed by atoms with E-state index in [0.717, 1.165) is 39.2 Å². The average molecular weight is 362 g/mol. The molecule has 1 heterocycles. The van der Waals surface area contributed by atoms with Crippen LogP contribution in [-0.2, 0) is 0 Å². The van der Waals surface area contributed by atoms with Gasteiger partial charge in [0.25, 0.3) is 0 Å². The third-order valence-electron chi connectivity index (χ3n) is 4.87. The molecule has 0 saturated carbocycles. The van der Waals surface area contributed by atoms with Gasteiger partial charge in [-0.15, -0.1) is 0 Å². The molecule has 134 valence electrons. The Hall–Kier alpha value is -3.85. The molecule has 28 heavy (non-hydrogen) atoms. The molecule has 3 heteroatoms. The third kappa shape index (κ3) is 2.74. The molecule has 0 amide bonds. The minimum absolute atomic E-state index is 0.212. The van der Waals surface area contributed by atoms with E-state index in [1.54, 1.807) is 6.07 Å². The quantitative estimate of drug-likeness (QED) is 0.423. The molecule has 0 saturated heterocycles. The number of imidazole rings is 1. The highest BCUT2D eigenvalue weighted by atomic mass is 16.3. The molecule has 5 aromatic rings. The molecule has 0 aliphatic carbocycles. The maximum absolute atomic E-state index is 10.4. The largest absolute Gasteiger partial charge is 0.508 e. The minimum Gasteiger partial charge on any atom is -0.508 e. The topological polar surface area (TPSA) is 38.1 Å². The van der Waals surface area contributed by atoms with E-state index in [9.17, 15) is 5.11 Å². The molecular weight excluding hydrogens is 344 g/mol. The lowest BCUT2D eigenvalue weighted by Crippen LogP contribution is -1.98. The SMILES string of the molecule is Oc1cc(-c2ccccc2)c2c(c1)nc(-c1ccccc1)n2-c1ccccc1. The lowest BCUT2D eigenvalue weighted by molar-refractivity contribution is 0.476. The van der Waals surface area contributed by atoms with Gasteiger partial charge in [0.05, 0.1) is 11.0 Å². The van der Waals surface area contributed by atoms with Crippen LogP contribution in [0.15, 0.2) is 103 Å². The van der Waals surface area contributed by atoms with Crippen molar-refractivity contribution < 1.29 is 5.11 Å². The standard InChI is InChI=1S/C25H18N2O/c28-21-16-22(18-10-4-1-5-11-18)24-23(17-21)26-25(19-12-6-2-7-13-19)27(24)20-14-8-3-9-15-20/h1-17,28H. The van der Waals surface area contributed by atoms with Gasteiger partial charge in [0, 0.05) is 22.9 Å². The molecule has 0 aliphatic rings. The smallest absolute Gasteiger partial charge is 0.145 e. The van der Waals surface area contributed by atoms with Gasteiger partial charge in [0.15, 0.2) is 0 Å². The lowest BCUT2D eigenvalue weighted by atomic mass is 10.0. The van der Waals surface area contributed by atoms with E-state index >= 15 is 0 Å². The van der Waals surface area contributed by atoms with Gasteiger partial charge in [0.2, 0.25) is 0 Å². The summed E-state index contributed by atoms with van der Waals surface area (Å²) in [5.41, 5.74) is 5.80. The highest BCUT2D eigenvalue weighted by Crippen LogP contribution is 2.37. The number of aromatic hydroxyl groups is 1. The van der Waals surface area contributed by atoms with Crippen LogP contribution < -0.4 is 0 Å². The van der Waals surface area contributed by atoms with E-state index in [1.807, 2.05) is 60.7 Å². The molecule has 0 aliphatic heterocycles. The Morgan fingerprint density at radius 2 is 1.21 bits per heavy atom. The van der Waals surface area contributed by atoms with Crippen molar-refractivity contribution in [2.45, 2.75) is 0 Å². The Morgan fingerprint density at radius 1 is 0.643 bits per heavy atom. The first kappa shape index (κ1) is 16.3. The molecular formula is C25H18N2O. The summed E-state index contributed by atoms with van der Waals surface area (Å²) in [5, 5.41) is 10.4. The molecule has 4 aromatic carbocycles. The lowest BCUT2D eigenvalue weighted by Gasteiger charge is -2.12. The van der Waals surface area contributed by atoms with Crippen molar-refractivity contribution in [2.75, 3.05) is 0 Å². The number of phenolic OH excluding ortho intramolecular Hbond substituents is 1. The van der Waals surface area contributed by atoms with Gasteiger partial charge in [-0.2, -0.15) is 0 Å². The van der Waals surface area contributed by atoms with Crippen LogP contribution in [0, 0.1) is 0 Å². The van der Waals surface area contributed by atoms with E-state index in [1.165, 1.54) is 0 Å². The van der Waals surface area contributed by atoms with Crippen molar-refractivity contribution in [2.24, 2.45) is 0 Å². The second kappa shape index (κ2) is 6.71. The minimum atomic E-state index is 0.212. The zero-order chi connectivity index (χ0) is 18.9. The number of nitrogens with zero attached hydrogens (tertiary/aromatic N) is 2. The number of hydrogen-bond acceptors (Lipinski definition) is 2. The Labute approximate surface area is 163 Å². The second-order valence-corrected chi connectivity index (χ2v) is 6.70. The summed E-state index contributed by atoms with van der Waals surface area (Å²) in [7, 11) is 0. The van der Waals surface area contributed by atoms with E-state index in [2.05, 4.69) is 41.0 Å². The van der Waals surface area contributed by atoms with E-state index < -0.39 is 0 Å². The summed E-state index contributed by atoms with van der Waals surface area (Å²) in [6.07, 6.45) is 0. The van der Waals surface area contributed by atoms with Crippen LogP contribution in [0.2, 0.25) is 0 Å². The Morgan fingerprint density at radius 3 is 1.86 bits per heavy atom. The van der Waals surface area contributed by atoms with Crippen LogP contribution in [0.5, 0.6) is 5.75 Å². The Kier molecular flexibility index (Phi) is 3.91. The number of benzene rings is 4. The van der Waals surface area contributed by atoms with Crippen molar-refractivity contribution in [3.8, 4) is 34.0 Å². The summed E-state index contributed by atoms with van der Waals surface area (Å²) < 4.78 is 2.17. The van der Waals surface area contributed by atoms with E-state index in [-0.39, 0.29) is 5.75 Å². The first-order chi connectivity index (χ1) is 13.8. The van der Waals surface area contributed by atoms with Crippen LogP contribution in [-0.4, -0.2) is 14.7 Å². The summed E-state index contributed by atoms with van der Waals surface area (Å²) in [4.78, 5) is 4.91. The fourth-order valence-corrected chi connectivity index (χ4v) is 3.64.